The van der Waals surface area contributed by atoms with E-state index in [1.807, 2.05) is 0 Å². The minimum Gasteiger partial charge on any atom is -0.442 e. The molecule has 0 saturated heterocycles. The maximum absolute atomic E-state index is 12.6. The van der Waals surface area contributed by atoms with Crippen molar-refractivity contribution in [1.29, 1.82) is 0 Å². The summed E-state index contributed by atoms with van der Waals surface area (Å²) in [7, 11) is 0. The van der Waals surface area contributed by atoms with E-state index in [1.54, 1.807) is 12.1 Å². The van der Waals surface area contributed by atoms with Crippen molar-refractivity contribution in [3.05, 3.63) is 35.4 Å². The monoisotopic (exact) mass is 662 g/mol. The van der Waals surface area contributed by atoms with Gasteiger partial charge in [0.2, 0.25) is 0 Å². The first-order valence-corrected chi connectivity index (χ1v) is 14.8. The zero-order chi connectivity index (χ0) is 27.2. The average Bonchev–Trinajstić information content (AvgIpc) is 2.77. The Labute approximate surface area is 253 Å². The Morgan fingerprint density at radius 1 is 0.611 bits per heavy atom. The highest BCUT2D eigenvalue weighted by molar-refractivity contribution is 6.67. The van der Waals surface area contributed by atoms with Crippen LogP contribution in [0.4, 0.5) is 0 Å². The van der Waals surface area contributed by atoms with Gasteiger partial charge < -0.3 is 9.47 Å². The molecule has 0 aliphatic carbocycles. The van der Waals surface area contributed by atoms with Crippen LogP contribution in [0.15, 0.2) is 24.3 Å². The molecule has 206 valence electrons. The van der Waals surface area contributed by atoms with E-state index in [4.69, 9.17) is 102 Å². The van der Waals surface area contributed by atoms with Crippen LogP contribution in [0.25, 0.3) is 0 Å². The van der Waals surface area contributed by atoms with Crippen LogP contribution < -0.4 is 0 Å². The number of carbonyl (C=O) groups is 2. The Kier molecular flexibility index (Phi) is 17.2. The fourth-order valence-electron chi connectivity index (χ4n) is 3.28. The van der Waals surface area contributed by atoms with Gasteiger partial charge in [-0.05, 0) is 63.5 Å². The first-order chi connectivity index (χ1) is 16.8. The fraction of sp³-hybridized carbons (Fsp3) is 0.667. The topological polar surface area (TPSA) is 52.6 Å². The first kappa shape index (κ1) is 34.5. The standard InChI is InChI=1S/C24H30Cl8O4/c25-19(13-5-1-3-9-15-23(27,28)29)35-21(33)17-11-7-8-12-18(17)22(34)36-20(26)14-6-2-4-10-16-24(30,31)32/h7-8,11-12,19-20H,1-6,9-10,13-16H2. The van der Waals surface area contributed by atoms with Crippen molar-refractivity contribution in [2.75, 3.05) is 0 Å². The van der Waals surface area contributed by atoms with Gasteiger partial charge in [0, 0.05) is 0 Å². The van der Waals surface area contributed by atoms with Gasteiger partial charge in [-0.1, -0.05) is 131 Å². The van der Waals surface area contributed by atoms with Gasteiger partial charge in [-0.2, -0.15) is 0 Å². The lowest BCUT2D eigenvalue weighted by molar-refractivity contribution is 0.0385. The predicted molar refractivity (Wildman–Crippen MR) is 153 cm³/mol. The van der Waals surface area contributed by atoms with Crippen molar-refractivity contribution >= 4 is 105 Å². The quantitative estimate of drug-likeness (QED) is 0.100. The molecule has 1 rings (SSSR count). The molecule has 2 unspecified atom stereocenters. The van der Waals surface area contributed by atoms with Crippen LogP contribution in [0, 0.1) is 0 Å². The minimum absolute atomic E-state index is 0.0615. The van der Waals surface area contributed by atoms with E-state index in [1.165, 1.54) is 12.1 Å². The normalized spacial score (nSPS) is 13.8. The number of ether oxygens (including phenoxy) is 2. The van der Waals surface area contributed by atoms with Crippen molar-refractivity contribution in [1.82, 2.24) is 0 Å². The van der Waals surface area contributed by atoms with E-state index in [0.29, 0.717) is 25.7 Å². The maximum Gasteiger partial charge on any atom is 0.340 e. The fourth-order valence-corrected chi connectivity index (χ4v) is 4.56. The number of hydrogen-bond donors (Lipinski definition) is 0. The molecule has 0 aromatic heterocycles. The van der Waals surface area contributed by atoms with Gasteiger partial charge in [0.15, 0.2) is 18.7 Å². The smallest absolute Gasteiger partial charge is 0.340 e. The SMILES string of the molecule is O=C(OC(Cl)CCCCCCC(Cl)(Cl)Cl)c1ccccc1C(=O)OC(Cl)CCCCCCC(Cl)(Cl)Cl. The van der Waals surface area contributed by atoms with E-state index < -0.39 is 30.6 Å². The molecule has 0 aliphatic rings. The Balaban J connectivity index is 2.43. The van der Waals surface area contributed by atoms with Gasteiger partial charge in [0.05, 0.1) is 11.1 Å². The van der Waals surface area contributed by atoms with Crippen LogP contribution in [-0.4, -0.2) is 30.6 Å². The van der Waals surface area contributed by atoms with Gasteiger partial charge in [-0.25, -0.2) is 9.59 Å². The lowest BCUT2D eigenvalue weighted by Gasteiger charge is -2.15. The van der Waals surface area contributed by atoms with Crippen molar-refractivity contribution in [2.24, 2.45) is 0 Å². The third-order valence-electron chi connectivity index (χ3n) is 5.12. The molecule has 0 heterocycles. The van der Waals surface area contributed by atoms with Crippen molar-refractivity contribution < 1.29 is 19.1 Å². The Bertz CT molecular complexity index is 730. The summed E-state index contributed by atoms with van der Waals surface area (Å²) in [4.78, 5) is 25.3. The number of hydrogen-bond acceptors (Lipinski definition) is 4. The van der Waals surface area contributed by atoms with Crippen molar-refractivity contribution in [2.45, 2.75) is 95.8 Å². The molecule has 0 bridgehead atoms. The molecule has 1 aromatic rings. The Morgan fingerprint density at radius 3 is 1.28 bits per heavy atom. The lowest BCUT2D eigenvalue weighted by atomic mass is 10.1. The van der Waals surface area contributed by atoms with Crippen LogP contribution in [-0.2, 0) is 9.47 Å². The minimum atomic E-state index is -1.24. The summed E-state index contributed by atoms with van der Waals surface area (Å²) in [6.07, 6.45) is 8.35. The Morgan fingerprint density at radius 2 is 0.944 bits per heavy atom. The number of rotatable bonds is 16. The zero-order valence-electron chi connectivity index (χ0n) is 19.6. The largest absolute Gasteiger partial charge is 0.442 e. The molecule has 0 N–H and O–H groups in total. The molecular formula is C24H30Cl8O4. The van der Waals surface area contributed by atoms with Gasteiger partial charge in [0.25, 0.3) is 0 Å². The molecule has 2 atom stereocenters. The molecule has 12 heteroatoms. The highest BCUT2D eigenvalue weighted by atomic mass is 35.6. The van der Waals surface area contributed by atoms with E-state index in [0.717, 1.165) is 51.4 Å². The third kappa shape index (κ3) is 17.1. The summed E-state index contributed by atoms with van der Waals surface area (Å²) in [5.41, 5.74) is -1.55. The van der Waals surface area contributed by atoms with E-state index in [-0.39, 0.29) is 11.1 Å². The van der Waals surface area contributed by atoms with Crippen LogP contribution in [0.3, 0.4) is 0 Å². The van der Waals surface area contributed by atoms with Crippen LogP contribution in [0.5, 0.6) is 0 Å². The maximum atomic E-state index is 12.6. The molecule has 0 aliphatic heterocycles. The molecule has 0 amide bonds. The highest BCUT2D eigenvalue weighted by Gasteiger charge is 2.23. The van der Waals surface area contributed by atoms with Crippen molar-refractivity contribution in [3.8, 4) is 0 Å². The first-order valence-electron chi connectivity index (χ1n) is 11.7. The number of halogens is 8. The molecule has 0 saturated carbocycles. The summed E-state index contributed by atoms with van der Waals surface area (Å²) in [5.74, 6) is -1.42. The van der Waals surface area contributed by atoms with Gasteiger partial charge in [-0.3, -0.25) is 0 Å². The molecule has 4 nitrogen and oxygen atoms in total. The molecule has 0 fully saturated rings. The molecule has 0 radical (unpaired) electrons. The average molecular weight is 666 g/mol. The van der Waals surface area contributed by atoms with Gasteiger partial charge in [0.1, 0.15) is 0 Å². The van der Waals surface area contributed by atoms with Crippen LogP contribution in [0.1, 0.15) is 97.8 Å². The van der Waals surface area contributed by atoms with Gasteiger partial charge >= 0.3 is 11.9 Å². The summed E-state index contributed by atoms with van der Waals surface area (Å²) < 4.78 is 8.15. The number of benzene rings is 1. The summed E-state index contributed by atoms with van der Waals surface area (Å²) in [5, 5.41) is 0. The molecule has 36 heavy (non-hydrogen) atoms. The second-order valence-corrected chi connectivity index (χ2v) is 14.3. The number of alkyl halides is 8. The highest BCUT2D eigenvalue weighted by Crippen LogP contribution is 2.33. The number of carbonyl (C=O) groups excluding carboxylic acids is 2. The van der Waals surface area contributed by atoms with E-state index in [9.17, 15) is 9.59 Å². The summed E-state index contributed by atoms with van der Waals surface area (Å²) >= 11 is 46.7. The predicted octanol–water partition coefficient (Wildman–Crippen LogP) is 10.6. The van der Waals surface area contributed by atoms with Gasteiger partial charge in [-0.15, -0.1) is 0 Å². The van der Waals surface area contributed by atoms with Crippen molar-refractivity contribution in [3.63, 3.8) is 0 Å². The number of esters is 2. The number of unbranched alkanes of at least 4 members (excludes halogenated alkanes) is 6. The second kappa shape index (κ2) is 17.9. The molecular weight excluding hydrogens is 636 g/mol. The molecule has 0 spiro atoms. The zero-order valence-corrected chi connectivity index (χ0v) is 25.7. The summed E-state index contributed by atoms with van der Waals surface area (Å²) in [6, 6.07) is 6.20. The summed E-state index contributed by atoms with van der Waals surface area (Å²) in [6.45, 7) is 0. The third-order valence-corrected chi connectivity index (χ3v) is 6.87. The molecule has 1 aromatic carbocycles. The lowest BCUT2D eigenvalue weighted by Crippen LogP contribution is -2.19. The van der Waals surface area contributed by atoms with E-state index in [2.05, 4.69) is 0 Å². The van der Waals surface area contributed by atoms with Crippen LogP contribution >= 0.6 is 92.8 Å². The van der Waals surface area contributed by atoms with Crippen LogP contribution in [0.2, 0.25) is 0 Å². The van der Waals surface area contributed by atoms with E-state index >= 15 is 0 Å². The second-order valence-electron chi connectivity index (χ2n) is 8.31. The Hall–Kier alpha value is 0.480.